The lowest BCUT2D eigenvalue weighted by molar-refractivity contribution is 0.239. The predicted molar refractivity (Wildman–Crippen MR) is 110 cm³/mol. The van der Waals surface area contributed by atoms with Gasteiger partial charge in [0.1, 0.15) is 0 Å². The van der Waals surface area contributed by atoms with Crippen LogP contribution >= 0.6 is 0 Å². The number of para-hydroxylation sites is 2. The van der Waals surface area contributed by atoms with E-state index in [1.807, 2.05) is 50.5 Å². The van der Waals surface area contributed by atoms with E-state index in [1.54, 1.807) is 0 Å². The van der Waals surface area contributed by atoms with Crippen LogP contribution in [0, 0.1) is 0 Å². The number of likely N-dealkylation sites (N-methyl/N-ethyl adjacent to an activating group) is 2. The number of hydrogen-bond donors (Lipinski definition) is 2. The molecule has 5 heteroatoms. The molecule has 0 fully saturated rings. The molecule has 0 aromatic heterocycles. The van der Waals surface area contributed by atoms with E-state index in [0.29, 0.717) is 13.1 Å². The van der Waals surface area contributed by atoms with E-state index in [4.69, 9.17) is 0 Å². The van der Waals surface area contributed by atoms with Crippen molar-refractivity contribution in [3.63, 3.8) is 0 Å². The Labute approximate surface area is 157 Å². The van der Waals surface area contributed by atoms with Gasteiger partial charge in [0.25, 0.3) is 0 Å². The lowest BCUT2D eigenvalue weighted by Crippen LogP contribution is -2.47. The summed E-state index contributed by atoms with van der Waals surface area (Å²) in [4.78, 5) is 16.4. The van der Waals surface area contributed by atoms with Gasteiger partial charge in [-0.1, -0.05) is 36.4 Å². The zero-order valence-electron chi connectivity index (χ0n) is 16.1. The van der Waals surface area contributed by atoms with Gasteiger partial charge in [0.05, 0.1) is 0 Å². The van der Waals surface area contributed by atoms with E-state index in [1.165, 1.54) is 0 Å². The molecular weight excluding hydrogens is 324 g/mol. The van der Waals surface area contributed by atoms with Crippen molar-refractivity contribution in [2.45, 2.75) is 25.9 Å². The van der Waals surface area contributed by atoms with Crippen molar-refractivity contribution in [2.75, 3.05) is 37.0 Å². The molecule has 0 aliphatic heterocycles. The molecule has 0 spiro atoms. The Morgan fingerprint density at radius 2 is 1.12 bits per heavy atom. The van der Waals surface area contributed by atoms with Crippen LogP contribution in [0.1, 0.15) is 13.8 Å². The van der Waals surface area contributed by atoms with Crippen molar-refractivity contribution < 1.29 is 4.79 Å². The Hall–Kier alpha value is -2.69. The molecule has 0 radical (unpaired) electrons. The first-order valence-electron chi connectivity index (χ1n) is 9.06. The fourth-order valence-electron chi connectivity index (χ4n) is 2.65. The first kappa shape index (κ1) is 19.6. The van der Waals surface area contributed by atoms with Gasteiger partial charge in [0.15, 0.2) is 0 Å². The Morgan fingerprint density at radius 3 is 1.46 bits per heavy atom. The molecule has 0 aliphatic carbocycles. The average Bonchev–Trinajstić information content (AvgIpc) is 2.70. The summed E-state index contributed by atoms with van der Waals surface area (Å²) in [7, 11) is 4.08. The molecular formula is C21H30N4O. The number of nitrogens with one attached hydrogen (secondary N) is 2. The van der Waals surface area contributed by atoms with Gasteiger partial charge in [-0.25, -0.2) is 4.79 Å². The highest BCUT2D eigenvalue weighted by atomic mass is 16.2. The van der Waals surface area contributed by atoms with E-state index in [-0.39, 0.29) is 18.1 Å². The standard InChI is InChI=1S/C21H30N4O/c1-17(24(3)19-11-7-5-8-12-19)15-22-21(26)23-16-18(2)25(4)20-13-9-6-10-14-20/h5-14,17-18H,15-16H2,1-4H3,(H2,22,23,26)/t17-,18-/m1/s1. The Balaban J connectivity index is 1.73. The second kappa shape index (κ2) is 9.70. The maximum Gasteiger partial charge on any atom is 0.314 e. The summed E-state index contributed by atoms with van der Waals surface area (Å²) in [6.07, 6.45) is 0. The molecule has 2 aromatic rings. The van der Waals surface area contributed by atoms with Gasteiger partial charge < -0.3 is 20.4 Å². The summed E-state index contributed by atoms with van der Waals surface area (Å²) in [5.74, 6) is 0. The van der Waals surface area contributed by atoms with Crippen molar-refractivity contribution in [1.29, 1.82) is 0 Å². The summed E-state index contributed by atoms with van der Waals surface area (Å²) in [6, 6.07) is 20.6. The highest BCUT2D eigenvalue weighted by Gasteiger charge is 2.13. The summed E-state index contributed by atoms with van der Waals surface area (Å²) >= 11 is 0. The largest absolute Gasteiger partial charge is 0.370 e. The summed E-state index contributed by atoms with van der Waals surface area (Å²) < 4.78 is 0. The number of carbonyl (C=O) groups is 1. The number of amides is 2. The van der Waals surface area contributed by atoms with E-state index >= 15 is 0 Å². The molecule has 2 rings (SSSR count). The van der Waals surface area contributed by atoms with E-state index in [2.05, 4.69) is 58.5 Å². The molecule has 0 bridgehead atoms. The molecule has 2 atom stereocenters. The van der Waals surface area contributed by atoms with Crippen LogP contribution in [0.2, 0.25) is 0 Å². The second-order valence-corrected chi connectivity index (χ2v) is 6.68. The van der Waals surface area contributed by atoms with Crippen LogP contribution in [-0.2, 0) is 0 Å². The number of urea groups is 1. The number of hydrogen-bond acceptors (Lipinski definition) is 3. The van der Waals surface area contributed by atoms with Crippen LogP contribution in [0.15, 0.2) is 60.7 Å². The minimum Gasteiger partial charge on any atom is -0.370 e. The van der Waals surface area contributed by atoms with E-state index in [9.17, 15) is 4.79 Å². The van der Waals surface area contributed by atoms with Crippen LogP contribution in [-0.4, -0.2) is 45.3 Å². The molecule has 5 nitrogen and oxygen atoms in total. The molecule has 2 amide bonds. The normalized spacial score (nSPS) is 12.8. The lowest BCUT2D eigenvalue weighted by Gasteiger charge is -2.28. The Morgan fingerprint density at radius 1 is 0.769 bits per heavy atom. The molecule has 0 saturated heterocycles. The monoisotopic (exact) mass is 354 g/mol. The van der Waals surface area contributed by atoms with Crippen LogP contribution in [0.4, 0.5) is 16.2 Å². The molecule has 140 valence electrons. The maximum absolute atomic E-state index is 12.1. The smallest absolute Gasteiger partial charge is 0.314 e. The number of carbonyl (C=O) groups excluding carboxylic acids is 1. The SMILES string of the molecule is C[C@H](CNC(=O)NC[C@@H](C)N(C)c1ccccc1)N(C)c1ccccc1. The number of benzene rings is 2. The summed E-state index contributed by atoms with van der Waals surface area (Å²) in [5.41, 5.74) is 2.28. The van der Waals surface area contributed by atoms with Gasteiger partial charge in [-0.15, -0.1) is 0 Å². The van der Waals surface area contributed by atoms with Gasteiger partial charge in [-0.05, 0) is 38.1 Å². The third kappa shape index (κ3) is 5.69. The highest BCUT2D eigenvalue weighted by molar-refractivity contribution is 5.74. The first-order chi connectivity index (χ1) is 12.5. The average molecular weight is 354 g/mol. The molecule has 2 aromatic carbocycles. The third-order valence-electron chi connectivity index (χ3n) is 4.77. The lowest BCUT2D eigenvalue weighted by atomic mass is 10.2. The van der Waals surface area contributed by atoms with Crippen LogP contribution in [0.5, 0.6) is 0 Å². The first-order valence-corrected chi connectivity index (χ1v) is 9.06. The number of nitrogens with zero attached hydrogens (tertiary/aromatic N) is 2. The minimum atomic E-state index is -0.133. The van der Waals surface area contributed by atoms with E-state index in [0.717, 1.165) is 11.4 Å². The van der Waals surface area contributed by atoms with Gasteiger partial charge in [-0.2, -0.15) is 0 Å². The van der Waals surface area contributed by atoms with Crippen LogP contribution in [0.3, 0.4) is 0 Å². The van der Waals surface area contributed by atoms with Crippen molar-refractivity contribution in [3.05, 3.63) is 60.7 Å². The van der Waals surface area contributed by atoms with Crippen molar-refractivity contribution >= 4 is 17.4 Å². The van der Waals surface area contributed by atoms with Crippen LogP contribution < -0.4 is 20.4 Å². The van der Waals surface area contributed by atoms with Gasteiger partial charge in [0.2, 0.25) is 0 Å². The number of rotatable bonds is 8. The molecule has 0 aliphatic rings. The molecule has 0 unspecified atom stereocenters. The molecule has 0 heterocycles. The Bertz CT molecular complexity index is 605. The summed E-state index contributed by atoms with van der Waals surface area (Å²) in [5, 5.41) is 5.91. The van der Waals surface area contributed by atoms with Crippen molar-refractivity contribution in [3.8, 4) is 0 Å². The topological polar surface area (TPSA) is 47.6 Å². The zero-order valence-corrected chi connectivity index (χ0v) is 16.1. The summed E-state index contributed by atoms with van der Waals surface area (Å²) in [6.45, 7) is 5.36. The van der Waals surface area contributed by atoms with Gasteiger partial charge in [-0.3, -0.25) is 0 Å². The molecule has 26 heavy (non-hydrogen) atoms. The van der Waals surface area contributed by atoms with Crippen molar-refractivity contribution in [2.24, 2.45) is 0 Å². The van der Waals surface area contributed by atoms with Crippen LogP contribution in [0.25, 0.3) is 0 Å². The van der Waals surface area contributed by atoms with Crippen molar-refractivity contribution in [1.82, 2.24) is 10.6 Å². The highest BCUT2D eigenvalue weighted by Crippen LogP contribution is 2.14. The number of anilines is 2. The van der Waals surface area contributed by atoms with Gasteiger partial charge in [0, 0.05) is 50.6 Å². The second-order valence-electron chi connectivity index (χ2n) is 6.68. The van der Waals surface area contributed by atoms with E-state index < -0.39 is 0 Å². The molecule has 2 N–H and O–H groups in total. The minimum absolute atomic E-state index is 0.133. The maximum atomic E-state index is 12.1. The predicted octanol–water partition coefficient (Wildman–Crippen LogP) is 3.34. The fraction of sp³-hybridized carbons (Fsp3) is 0.381. The zero-order chi connectivity index (χ0) is 18.9. The molecule has 0 saturated carbocycles. The Kier molecular flexibility index (Phi) is 7.33. The third-order valence-corrected chi connectivity index (χ3v) is 4.77. The van der Waals surface area contributed by atoms with Gasteiger partial charge >= 0.3 is 6.03 Å². The fourth-order valence-corrected chi connectivity index (χ4v) is 2.65. The quantitative estimate of drug-likeness (QED) is 0.764.